The first kappa shape index (κ1) is 19.8. The monoisotopic (exact) mass is 422 g/mol. The van der Waals surface area contributed by atoms with Crippen molar-refractivity contribution in [3.8, 4) is 0 Å². The molecular weight excluding hydrogens is 403 g/mol. The minimum atomic E-state index is -3.92. The second kappa shape index (κ2) is 7.72. The summed E-state index contributed by atoms with van der Waals surface area (Å²) in [5, 5.41) is 2.96. The Morgan fingerprint density at radius 2 is 1.53 bits per heavy atom. The van der Waals surface area contributed by atoms with Gasteiger partial charge < -0.3 is 5.32 Å². The number of benzene rings is 3. The lowest BCUT2D eigenvalue weighted by atomic mass is 10.2. The molecule has 3 aromatic carbocycles. The zero-order valence-corrected chi connectivity index (χ0v) is 17.2. The first-order valence-corrected chi connectivity index (χ1v) is 10.7. The number of anilines is 3. The van der Waals surface area contributed by atoms with Gasteiger partial charge in [0.1, 0.15) is 5.82 Å². The Morgan fingerprint density at radius 3 is 2.23 bits per heavy atom. The molecule has 1 heterocycles. The second-order valence-corrected chi connectivity index (χ2v) is 8.57. The van der Waals surface area contributed by atoms with Crippen molar-refractivity contribution in [2.45, 2.75) is 18.7 Å². The van der Waals surface area contributed by atoms with Gasteiger partial charge in [-0.05, 0) is 61.4 Å². The number of aromatic nitrogens is 2. The predicted octanol–water partition coefficient (Wildman–Crippen LogP) is 4.93. The first-order chi connectivity index (χ1) is 14.3. The van der Waals surface area contributed by atoms with Crippen LogP contribution in [0.3, 0.4) is 0 Å². The minimum Gasteiger partial charge on any atom is -0.337 e. The summed E-state index contributed by atoms with van der Waals surface area (Å²) in [6, 6.07) is 18.1. The molecule has 152 valence electrons. The number of fused-ring (bicyclic) bond motifs is 1. The Bertz CT molecular complexity index is 1360. The SMILES string of the molecule is Cc1ccc(C)c(S(=O)(=O)Nc2nc3ccccc3nc2Nc2cccc(F)c2)c1. The van der Waals surface area contributed by atoms with Crippen molar-refractivity contribution in [3.63, 3.8) is 0 Å². The molecule has 6 nitrogen and oxygen atoms in total. The number of nitrogens with one attached hydrogen (secondary N) is 2. The number of hydrogen-bond donors (Lipinski definition) is 2. The second-order valence-electron chi connectivity index (χ2n) is 6.92. The van der Waals surface area contributed by atoms with E-state index >= 15 is 0 Å². The third-order valence-corrected chi connectivity index (χ3v) is 6.00. The number of nitrogens with zero attached hydrogens (tertiary/aromatic N) is 2. The highest BCUT2D eigenvalue weighted by atomic mass is 32.2. The van der Waals surface area contributed by atoms with Gasteiger partial charge in [0.15, 0.2) is 11.6 Å². The minimum absolute atomic E-state index is 0.0267. The average Bonchev–Trinajstić information content (AvgIpc) is 2.70. The van der Waals surface area contributed by atoms with Crippen LogP contribution in [0.1, 0.15) is 11.1 Å². The summed E-state index contributed by atoms with van der Waals surface area (Å²) in [6.45, 7) is 3.55. The lowest BCUT2D eigenvalue weighted by Gasteiger charge is -2.15. The van der Waals surface area contributed by atoms with Gasteiger partial charge in [0.05, 0.1) is 15.9 Å². The van der Waals surface area contributed by atoms with E-state index in [2.05, 4.69) is 20.0 Å². The average molecular weight is 422 g/mol. The van der Waals surface area contributed by atoms with E-state index in [1.165, 1.54) is 12.1 Å². The summed E-state index contributed by atoms with van der Waals surface area (Å²) in [4.78, 5) is 9.10. The fourth-order valence-corrected chi connectivity index (χ4v) is 4.38. The quantitative estimate of drug-likeness (QED) is 0.476. The van der Waals surface area contributed by atoms with Crippen molar-refractivity contribution < 1.29 is 12.8 Å². The van der Waals surface area contributed by atoms with E-state index < -0.39 is 15.8 Å². The summed E-state index contributed by atoms with van der Waals surface area (Å²) < 4.78 is 42.4. The van der Waals surface area contributed by atoms with Gasteiger partial charge in [-0.3, -0.25) is 4.72 Å². The molecule has 0 saturated heterocycles. The van der Waals surface area contributed by atoms with Gasteiger partial charge in [0, 0.05) is 5.69 Å². The zero-order chi connectivity index (χ0) is 21.3. The van der Waals surface area contributed by atoms with Crippen molar-refractivity contribution in [2.24, 2.45) is 0 Å². The summed E-state index contributed by atoms with van der Waals surface area (Å²) in [7, 11) is -3.92. The predicted molar refractivity (Wildman–Crippen MR) is 116 cm³/mol. The van der Waals surface area contributed by atoms with Gasteiger partial charge in [-0.1, -0.05) is 30.3 Å². The number of hydrogen-bond acceptors (Lipinski definition) is 5. The highest BCUT2D eigenvalue weighted by Gasteiger charge is 2.21. The van der Waals surface area contributed by atoms with Gasteiger partial charge in [-0.2, -0.15) is 0 Å². The van der Waals surface area contributed by atoms with Crippen LogP contribution >= 0.6 is 0 Å². The van der Waals surface area contributed by atoms with E-state index in [4.69, 9.17) is 0 Å². The molecular formula is C22H19FN4O2S. The normalized spacial score (nSPS) is 11.4. The highest BCUT2D eigenvalue weighted by Crippen LogP contribution is 2.28. The van der Waals surface area contributed by atoms with Crippen molar-refractivity contribution in [3.05, 3.63) is 83.7 Å². The molecule has 0 aliphatic heterocycles. The molecule has 4 rings (SSSR count). The summed E-state index contributed by atoms with van der Waals surface area (Å²) in [6.07, 6.45) is 0. The Labute approximate surface area is 173 Å². The Hall–Kier alpha value is -3.52. The van der Waals surface area contributed by atoms with Crippen molar-refractivity contribution in [1.29, 1.82) is 0 Å². The molecule has 8 heteroatoms. The fourth-order valence-electron chi connectivity index (χ4n) is 3.04. The molecule has 0 unspecified atom stereocenters. The maximum Gasteiger partial charge on any atom is 0.263 e. The highest BCUT2D eigenvalue weighted by molar-refractivity contribution is 7.92. The van der Waals surface area contributed by atoms with Crippen LogP contribution in [-0.4, -0.2) is 18.4 Å². The number of halogens is 1. The molecule has 0 saturated carbocycles. The molecule has 0 aliphatic carbocycles. The molecule has 0 fully saturated rings. The number of rotatable bonds is 5. The van der Waals surface area contributed by atoms with E-state index in [1.807, 2.05) is 19.1 Å². The summed E-state index contributed by atoms with van der Waals surface area (Å²) >= 11 is 0. The van der Waals surface area contributed by atoms with E-state index in [0.29, 0.717) is 22.3 Å². The third-order valence-electron chi connectivity index (χ3n) is 4.52. The molecule has 0 aliphatic rings. The molecule has 0 amide bonds. The first-order valence-electron chi connectivity index (χ1n) is 9.21. The lowest BCUT2D eigenvalue weighted by Crippen LogP contribution is -2.17. The molecule has 0 spiro atoms. The van der Waals surface area contributed by atoms with Crippen LogP contribution in [0.4, 0.5) is 21.7 Å². The van der Waals surface area contributed by atoms with Crippen LogP contribution in [0.5, 0.6) is 0 Å². The maximum atomic E-state index is 13.6. The largest absolute Gasteiger partial charge is 0.337 e. The van der Waals surface area contributed by atoms with Crippen molar-refractivity contribution in [1.82, 2.24) is 9.97 Å². The van der Waals surface area contributed by atoms with Crippen LogP contribution in [0.25, 0.3) is 11.0 Å². The molecule has 2 N–H and O–H groups in total. The van der Waals surface area contributed by atoms with E-state index in [1.54, 1.807) is 49.4 Å². The molecule has 0 radical (unpaired) electrons. The molecule has 1 aromatic heterocycles. The van der Waals surface area contributed by atoms with Crippen LogP contribution in [0.2, 0.25) is 0 Å². The molecule has 0 bridgehead atoms. The molecule has 30 heavy (non-hydrogen) atoms. The Morgan fingerprint density at radius 1 is 0.833 bits per heavy atom. The van der Waals surface area contributed by atoms with Crippen molar-refractivity contribution >= 4 is 38.4 Å². The van der Waals surface area contributed by atoms with Crippen LogP contribution in [0.15, 0.2) is 71.6 Å². The van der Waals surface area contributed by atoms with Crippen LogP contribution < -0.4 is 10.0 Å². The summed E-state index contributed by atoms with van der Waals surface area (Å²) in [5.74, 6) is -0.224. The van der Waals surface area contributed by atoms with Gasteiger partial charge in [-0.15, -0.1) is 0 Å². The van der Waals surface area contributed by atoms with E-state index in [9.17, 15) is 12.8 Å². The smallest absolute Gasteiger partial charge is 0.263 e. The lowest BCUT2D eigenvalue weighted by molar-refractivity contribution is 0.600. The summed E-state index contributed by atoms with van der Waals surface area (Å²) in [5.41, 5.74) is 2.96. The van der Waals surface area contributed by atoms with Crippen molar-refractivity contribution in [2.75, 3.05) is 10.0 Å². The Balaban J connectivity index is 1.81. The zero-order valence-electron chi connectivity index (χ0n) is 16.3. The Kier molecular flexibility index (Phi) is 5.09. The van der Waals surface area contributed by atoms with Crippen LogP contribution in [0, 0.1) is 19.7 Å². The number of aryl methyl sites for hydroxylation is 2. The fraction of sp³-hybridized carbons (Fsp3) is 0.0909. The van der Waals surface area contributed by atoms with E-state index in [0.717, 1.165) is 5.56 Å². The maximum absolute atomic E-state index is 13.6. The number of sulfonamides is 1. The van der Waals surface area contributed by atoms with Gasteiger partial charge >= 0.3 is 0 Å². The van der Waals surface area contributed by atoms with Gasteiger partial charge in [-0.25, -0.2) is 22.8 Å². The molecule has 4 aromatic rings. The van der Waals surface area contributed by atoms with Gasteiger partial charge in [0.25, 0.3) is 10.0 Å². The van der Waals surface area contributed by atoms with Gasteiger partial charge in [0.2, 0.25) is 0 Å². The number of para-hydroxylation sites is 2. The standard InChI is InChI=1S/C22H19FN4O2S/c1-14-10-11-15(2)20(12-14)30(28,29)27-22-21(24-17-7-5-6-16(23)13-17)25-18-8-3-4-9-19(18)26-22/h3-13H,1-2H3,(H,24,25)(H,26,27). The molecule has 0 atom stereocenters. The topological polar surface area (TPSA) is 84.0 Å². The van der Waals surface area contributed by atoms with E-state index in [-0.39, 0.29) is 16.5 Å². The third kappa shape index (κ3) is 4.08. The van der Waals surface area contributed by atoms with Crippen LogP contribution in [-0.2, 0) is 10.0 Å².